The molecule has 1 aromatic carbocycles. The van der Waals surface area contributed by atoms with Crippen LogP contribution in [0.3, 0.4) is 0 Å². The summed E-state index contributed by atoms with van der Waals surface area (Å²) in [4.78, 5) is 14.1. The van der Waals surface area contributed by atoms with E-state index >= 15 is 0 Å². The van der Waals surface area contributed by atoms with Crippen molar-refractivity contribution >= 4 is 16.0 Å². The van der Waals surface area contributed by atoms with E-state index in [1.54, 1.807) is 4.31 Å². The van der Waals surface area contributed by atoms with Crippen LogP contribution in [0.15, 0.2) is 29.2 Å². The summed E-state index contributed by atoms with van der Waals surface area (Å²) < 4.78 is 32.2. The van der Waals surface area contributed by atoms with Gasteiger partial charge >= 0.3 is 5.97 Å². The molecule has 1 unspecified atom stereocenters. The number of sulfonamides is 1. The molecule has 0 radical (unpaired) electrons. The molecule has 2 saturated heterocycles. The number of carbonyl (C=O) groups excluding carboxylic acids is 1. The second-order valence-electron chi connectivity index (χ2n) is 6.44. The smallest absolute Gasteiger partial charge is 0.337 e. The summed E-state index contributed by atoms with van der Waals surface area (Å²) in [7, 11) is -2.22. The number of methoxy groups -OCH3 is 1. The van der Waals surface area contributed by atoms with Gasteiger partial charge in [-0.1, -0.05) is 0 Å². The van der Waals surface area contributed by atoms with Gasteiger partial charge in [0.05, 0.1) is 17.6 Å². The van der Waals surface area contributed by atoms with Gasteiger partial charge in [0.2, 0.25) is 10.0 Å². The second-order valence-corrected chi connectivity index (χ2v) is 8.33. The summed E-state index contributed by atoms with van der Waals surface area (Å²) in [6.07, 6.45) is 4.22. The molecule has 0 aromatic heterocycles. The molecule has 1 atom stereocenters. The fraction of sp³-hybridized carbons (Fsp3) is 0.588. The molecule has 6 nitrogen and oxygen atoms in total. The summed E-state index contributed by atoms with van der Waals surface area (Å²) in [5.74, 6) is -0.466. The maximum Gasteiger partial charge on any atom is 0.337 e. The monoisotopic (exact) mass is 352 g/mol. The van der Waals surface area contributed by atoms with E-state index < -0.39 is 16.0 Å². The van der Waals surface area contributed by atoms with Crippen LogP contribution in [0.4, 0.5) is 0 Å². The molecule has 132 valence electrons. The Labute approximate surface area is 143 Å². The van der Waals surface area contributed by atoms with Crippen molar-refractivity contribution in [3.8, 4) is 0 Å². The van der Waals surface area contributed by atoms with Crippen molar-refractivity contribution in [1.29, 1.82) is 0 Å². The van der Waals surface area contributed by atoms with Gasteiger partial charge < -0.3 is 9.64 Å². The number of benzene rings is 1. The van der Waals surface area contributed by atoms with Crippen molar-refractivity contribution in [2.24, 2.45) is 0 Å². The van der Waals surface area contributed by atoms with Crippen molar-refractivity contribution < 1.29 is 17.9 Å². The first-order valence-electron chi connectivity index (χ1n) is 8.45. The molecular formula is C17H24N2O4S. The summed E-state index contributed by atoms with van der Waals surface area (Å²) in [5, 5.41) is 0. The lowest BCUT2D eigenvalue weighted by Gasteiger charge is -2.27. The zero-order chi connectivity index (χ0) is 17.2. The van der Waals surface area contributed by atoms with Gasteiger partial charge in [-0.05, 0) is 63.0 Å². The Morgan fingerprint density at radius 1 is 1.12 bits per heavy atom. The van der Waals surface area contributed by atoms with E-state index in [0.717, 1.165) is 32.5 Å². The van der Waals surface area contributed by atoms with Crippen LogP contribution in [0.5, 0.6) is 0 Å². The zero-order valence-electron chi connectivity index (χ0n) is 14.0. The molecule has 2 fully saturated rings. The molecule has 0 bridgehead atoms. The number of hydrogen-bond donors (Lipinski definition) is 0. The Balaban J connectivity index is 1.76. The lowest BCUT2D eigenvalue weighted by atomic mass is 10.2. The first kappa shape index (κ1) is 17.4. The number of nitrogens with zero attached hydrogens (tertiary/aromatic N) is 2. The SMILES string of the molecule is COC(=O)c1ccc(S(=O)(=O)N2CCCC2CN2CCCC2)cc1. The molecule has 0 N–H and O–H groups in total. The molecule has 24 heavy (non-hydrogen) atoms. The molecule has 0 saturated carbocycles. The van der Waals surface area contributed by atoms with Gasteiger partial charge in [-0.25, -0.2) is 13.2 Å². The predicted molar refractivity (Wildman–Crippen MR) is 90.4 cm³/mol. The third-order valence-electron chi connectivity index (χ3n) is 4.87. The molecule has 0 amide bonds. The fourth-order valence-electron chi connectivity index (χ4n) is 3.59. The topological polar surface area (TPSA) is 66.9 Å². The number of carbonyl (C=O) groups is 1. The molecule has 0 spiro atoms. The predicted octanol–water partition coefficient (Wildman–Crippen LogP) is 1.72. The molecule has 1 aromatic rings. The minimum absolute atomic E-state index is 0.0494. The van der Waals surface area contributed by atoms with Gasteiger partial charge in [-0.3, -0.25) is 0 Å². The molecule has 0 aliphatic carbocycles. The van der Waals surface area contributed by atoms with Gasteiger partial charge in [0, 0.05) is 19.1 Å². The van der Waals surface area contributed by atoms with Gasteiger partial charge in [0.1, 0.15) is 0 Å². The Kier molecular flexibility index (Phi) is 5.22. The van der Waals surface area contributed by atoms with Crippen LogP contribution in [0.25, 0.3) is 0 Å². The molecule has 2 heterocycles. The number of ether oxygens (including phenoxy) is 1. The highest BCUT2D eigenvalue weighted by atomic mass is 32.2. The quantitative estimate of drug-likeness (QED) is 0.755. The number of hydrogen-bond acceptors (Lipinski definition) is 5. The first-order valence-corrected chi connectivity index (χ1v) is 9.89. The lowest BCUT2D eigenvalue weighted by molar-refractivity contribution is 0.0600. The van der Waals surface area contributed by atoms with E-state index in [1.807, 2.05) is 0 Å². The van der Waals surface area contributed by atoms with Crippen molar-refractivity contribution in [3.63, 3.8) is 0 Å². The van der Waals surface area contributed by atoms with Crippen LogP contribution >= 0.6 is 0 Å². The first-order chi connectivity index (χ1) is 11.5. The highest BCUT2D eigenvalue weighted by molar-refractivity contribution is 7.89. The van der Waals surface area contributed by atoms with Gasteiger partial charge in [-0.2, -0.15) is 4.31 Å². The van der Waals surface area contributed by atoms with Gasteiger partial charge in [0.15, 0.2) is 0 Å². The van der Waals surface area contributed by atoms with Gasteiger partial charge in [-0.15, -0.1) is 0 Å². The van der Waals surface area contributed by atoms with E-state index in [4.69, 9.17) is 0 Å². The fourth-order valence-corrected chi connectivity index (χ4v) is 5.27. The van der Waals surface area contributed by atoms with E-state index in [-0.39, 0.29) is 10.9 Å². The van der Waals surface area contributed by atoms with E-state index in [9.17, 15) is 13.2 Å². The molecule has 7 heteroatoms. The summed E-state index contributed by atoms with van der Waals surface area (Å²) in [6, 6.07) is 6.04. The minimum atomic E-state index is -3.52. The maximum atomic E-state index is 13.0. The normalized spacial score (nSPS) is 22.8. The van der Waals surface area contributed by atoms with Crippen molar-refractivity contribution in [3.05, 3.63) is 29.8 Å². The average Bonchev–Trinajstić information content (AvgIpc) is 3.27. The maximum absolute atomic E-state index is 13.0. The summed E-state index contributed by atoms with van der Waals surface area (Å²) >= 11 is 0. The van der Waals surface area contributed by atoms with E-state index in [0.29, 0.717) is 12.1 Å². The average molecular weight is 352 g/mol. The number of likely N-dealkylation sites (tertiary alicyclic amines) is 1. The third kappa shape index (κ3) is 3.48. The molecule has 2 aliphatic rings. The van der Waals surface area contributed by atoms with E-state index in [2.05, 4.69) is 9.64 Å². The van der Waals surface area contributed by atoms with Crippen LogP contribution in [0.1, 0.15) is 36.0 Å². The van der Waals surface area contributed by atoms with Crippen molar-refractivity contribution in [2.75, 3.05) is 33.3 Å². The minimum Gasteiger partial charge on any atom is -0.465 e. The Morgan fingerprint density at radius 3 is 2.42 bits per heavy atom. The summed E-state index contributed by atoms with van der Waals surface area (Å²) in [6.45, 7) is 3.52. The number of rotatable bonds is 5. The van der Waals surface area contributed by atoms with Crippen LogP contribution < -0.4 is 0 Å². The zero-order valence-corrected chi connectivity index (χ0v) is 14.8. The van der Waals surface area contributed by atoms with Crippen molar-refractivity contribution in [2.45, 2.75) is 36.6 Å². The lowest BCUT2D eigenvalue weighted by Crippen LogP contribution is -2.42. The van der Waals surface area contributed by atoms with Gasteiger partial charge in [0.25, 0.3) is 0 Å². The van der Waals surface area contributed by atoms with Crippen LogP contribution in [0, 0.1) is 0 Å². The molecule has 2 aliphatic heterocycles. The number of esters is 1. The van der Waals surface area contributed by atoms with Crippen molar-refractivity contribution in [1.82, 2.24) is 9.21 Å². The Bertz CT molecular complexity index is 681. The second kappa shape index (κ2) is 7.21. The molecular weight excluding hydrogens is 328 g/mol. The molecule has 3 rings (SSSR count). The highest BCUT2D eigenvalue weighted by Gasteiger charge is 2.36. The highest BCUT2D eigenvalue weighted by Crippen LogP contribution is 2.27. The van der Waals surface area contributed by atoms with Crippen LogP contribution in [-0.2, 0) is 14.8 Å². The van der Waals surface area contributed by atoms with E-state index in [1.165, 1.54) is 44.2 Å². The summed E-state index contributed by atoms with van der Waals surface area (Å²) in [5.41, 5.74) is 0.353. The largest absolute Gasteiger partial charge is 0.465 e. The van der Waals surface area contributed by atoms with Crippen LogP contribution in [-0.4, -0.2) is 62.9 Å². The van der Waals surface area contributed by atoms with Crippen LogP contribution in [0.2, 0.25) is 0 Å². The Morgan fingerprint density at radius 2 is 1.79 bits per heavy atom. The third-order valence-corrected chi connectivity index (χ3v) is 6.84. The Hall–Kier alpha value is -1.44. The standard InChI is InChI=1S/C17H24N2O4S/c1-23-17(20)14-6-8-16(9-7-14)24(21,22)19-12-4-5-15(19)13-18-10-2-3-11-18/h6-9,15H,2-5,10-13H2,1H3.